The van der Waals surface area contributed by atoms with Crippen molar-refractivity contribution >= 4 is 0 Å². The molecule has 0 saturated heterocycles. The lowest BCUT2D eigenvalue weighted by atomic mass is 9.94. The first-order valence-corrected chi connectivity index (χ1v) is 42.1. The van der Waals surface area contributed by atoms with E-state index in [4.69, 9.17) is 0 Å². The fourth-order valence-electron chi connectivity index (χ4n) is 15.3. The van der Waals surface area contributed by atoms with Gasteiger partial charge in [-0.05, 0) is 300 Å². The summed E-state index contributed by atoms with van der Waals surface area (Å²) in [6, 6.07) is 75.8. The molecule has 18 aromatic rings. The highest BCUT2D eigenvalue weighted by Gasteiger charge is 2.19. The van der Waals surface area contributed by atoms with Gasteiger partial charge < -0.3 is 0 Å². The summed E-state index contributed by atoms with van der Waals surface area (Å²) in [5.41, 5.74) is 25.9. The van der Waals surface area contributed by atoms with E-state index in [0.29, 0.717) is 46.6 Å². The maximum atomic E-state index is 4.56. The van der Waals surface area contributed by atoms with Crippen LogP contribution in [-0.2, 0) is 0 Å². The SMILES string of the molecule is Cc1cc(-c2cccc(-c3cccc(-c4nc(C)nc(C)n4)c3)c2)cc(-c2nc(C)nc(C)n2)c1.Cc1cc(-c2cccc(-c3nc(C)nc(C)n3)c2)cc(-c2nc(C)nc(C)n2)c1.Cc1nc(C)nc(-c2cccc(-c3cc(-c4nc(C)nc(C)n4)ccc3C)c2)n1.Cc1nc(C)nc(-c2cccc(-c3cccc(-c4cc(-c5nc(C)nc(C)n5)ccc4C)c3)c2)n1. The van der Waals surface area contributed by atoms with Gasteiger partial charge in [-0.2, -0.15) is 0 Å². The number of nitrogens with zero attached hydrogens (tertiary/aromatic N) is 24. The number of hydrogen-bond acceptors (Lipinski definition) is 24. The predicted octanol–water partition coefficient (Wildman–Crippen LogP) is 21.7. The van der Waals surface area contributed by atoms with Crippen LogP contribution in [-0.4, -0.2) is 120 Å². The number of aromatic nitrogens is 24. The first kappa shape index (κ1) is 87.2. The molecule has 0 aliphatic heterocycles. The highest BCUT2D eigenvalue weighted by molar-refractivity contribution is 5.82. The third-order valence-corrected chi connectivity index (χ3v) is 20.7. The summed E-state index contributed by atoms with van der Waals surface area (Å²) in [5, 5.41) is 0. The maximum Gasteiger partial charge on any atom is 0.163 e. The highest BCUT2D eigenvalue weighted by Crippen LogP contribution is 2.38. The molecule has 0 radical (unpaired) electrons. The number of benzene rings is 10. The molecule has 0 bridgehead atoms. The average molecular weight is 1680 g/mol. The lowest BCUT2D eigenvalue weighted by Crippen LogP contribution is -1.99. The molecule has 0 atom stereocenters. The van der Waals surface area contributed by atoms with E-state index in [0.717, 1.165) is 216 Å². The molecule has 10 aromatic carbocycles. The van der Waals surface area contributed by atoms with Crippen molar-refractivity contribution in [1.29, 1.82) is 0 Å². The normalized spacial score (nSPS) is 11.0. The van der Waals surface area contributed by atoms with Crippen molar-refractivity contribution < 1.29 is 0 Å². The molecule has 8 heterocycles. The molecule has 0 unspecified atom stereocenters. The zero-order valence-electron chi connectivity index (χ0n) is 75.5. The summed E-state index contributed by atoms with van der Waals surface area (Å²) in [6.07, 6.45) is 0. The van der Waals surface area contributed by atoms with E-state index >= 15 is 0 Å². The van der Waals surface area contributed by atoms with Crippen molar-refractivity contribution in [3.8, 4) is 158 Å². The summed E-state index contributed by atoms with van der Waals surface area (Å²) in [6.45, 7) is 38.6. The number of rotatable bonds is 14. The molecule has 0 saturated carbocycles. The van der Waals surface area contributed by atoms with Gasteiger partial charge in [0.1, 0.15) is 93.2 Å². The second-order valence-corrected chi connectivity index (χ2v) is 31.7. The standard InChI is InChI=1S/2C29H26N6.2C23H22N6/c1-17-12-26(16-27(13-17)29-34-20(4)31-21(5)35-29)24-10-6-8-22(14-24)23-9-7-11-25(15-23)28-32-18(2)30-19(3)33-28;1-17-12-13-26(29-34-20(4)31-21(5)35-29)16-27(17)24-10-6-8-22(14-24)23-9-7-11-25(15-23)28-32-18(2)30-19(3)33-28;1-13-9-20(12-21(10-13)23-28-16(4)25-17(5)29-23)18-7-6-8-19(11-18)22-26-14(2)24-15(3)27-22;1-13-9-10-20(23-28-16(4)25-17(5)29-23)12-21(13)18-7-6-8-19(11-18)22-26-14(2)24-15(3)27-22/h2*6-16H,1-5H3;2*6-12H,1-5H3. The van der Waals surface area contributed by atoms with E-state index in [1.807, 2.05) is 159 Å². The summed E-state index contributed by atoms with van der Waals surface area (Å²) >= 11 is 0. The quantitative estimate of drug-likeness (QED) is 0.0976. The van der Waals surface area contributed by atoms with Crippen molar-refractivity contribution in [2.45, 2.75) is 138 Å². The molecule has 0 amide bonds. The Bertz CT molecular complexity index is 7090. The van der Waals surface area contributed by atoms with Crippen molar-refractivity contribution in [2.24, 2.45) is 0 Å². The molecule has 0 aliphatic rings. The van der Waals surface area contributed by atoms with Crippen LogP contribution >= 0.6 is 0 Å². The van der Waals surface area contributed by atoms with Gasteiger partial charge in [0.05, 0.1) is 0 Å². The van der Waals surface area contributed by atoms with Crippen molar-refractivity contribution in [1.82, 2.24) is 120 Å². The van der Waals surface area contributed by atoms with E-state index in [1.54, 1.807) is 0 Å². The monoisotopic (exact) mass is 1680 g/mol. The largest absolute Gasteiger partial charge is 0.219 e. The van der Waals surface area contributed by atoms with Crippen LogP contribution in [0.1, 0.15) is 115 Å². The Morgan fingerprint density at radius 2 is 0.266 bits per heavy atom. The van der Waals surface area contributed by atoms with Gasteiger partial charge in [-0.25, -0.2) is 120 Å². The Kier molecular flexibility index (Phi) is 26.0. The summed E-state index contributed by atoms with van der Waals surface area (Å²) in [4.78, 5) is 107. The van der Waals surface area contributed by atoms with E-state index < -0.39 is 0 Å². The molecule has 128 heavy (non-hydrogen) atoms. The number of hydrogen-bond donors (Lipinski definition) is 0. The topological polar surface area (TPSA) is 309 Å². The van der Waals surface area contributed by atoms with Crippen LogP contribution in [0.5, 0.6) is 0 Å². The lowest BCUT2D eigenvalue weighted by Gasteiger charge is -2.12. The Balaban J connectivity index is 0.000000132. The van der Waals surface area contributed by atoms with E-state index in [2.05, 4.69) is 317 Å². The Morgan fingerprint density at radius 1 is 0.117 bits per heavy atom. The molecule has 24 heteroatoms. The first-order chi connectivity index (χ1) is 61.4. The van der Waals surface area contributed by atoms with E-state index in [-0.39, 0.29) is 0 Å². The molecule has 0 N–H and O–H groups in total. The predicted molar refractivity (Wildman–Crippen MR) is 504 cm³/mol. The minimum Gasteiger partial charge on any atom is -0.219 e. The van der Waals surface area contributed by atoms with Crippen molar-refractivity contribution in [3.05, 3.63) is 334 Å². The molecule has 0 aliphatic carbocycles. The minimum atomic E-state index is 0.688. The molecule has 18 rings (SSSR count). The third kappa shape index (κ3) is 21.7. The van der Waals surface area contributed by atoms with Gasteiger partial charge in [0.15, 0.2) is 46.6 Å². The van der Waals surface area contributed by atoms with Crippen LogP contribution in [0.25, 0.3) is 158 Å². The summed E-state index contributed by atoms with van der Waals surface area (Å²) in [5.74, 6) is 17.1. The molecule has 0 spiro atoms. The molecule has 24 nitrogen and oxygen atoms in total. The fourth-order valence-corrected chi connectivity index (χ4v) is 15.3. The van der Waals surface area contributed by atoms with Crippen LogP contribution < -0.4 is 0 Å². The molecule has 8 aromatic heterocycles. The smallest absolute Gasteiger partial charge is 0.163 e. The van der Waals surface area contributed by atoms with Crippen molar-refractivity contribution in [3.63, 3.8) is 0 Å². The van der Waals surface area contributed by atoms with Gasteiger partial charge in [0, 0.05) is 44.5 Å². The van der Waals surface area contributed by atoms with Gasteiger partial charge in [-0.15, -0.1) is 0 Å². The van der Waals surface area contributed by atoms with Gasteiger partial charge in [-0.1, -0.05) is 146 Å². The van der Waals surface area contributed by atoms with Gasteiger partial charge in [0.25, 0.3) is 0 Å². The van der Waals surface area contributed by atoms with Crippen LogP contribution in [0.3, 0.4) is 0 Å². The van der Waals surface area contributed by atoms with E-state index in [1.165, 1.54) is 11.1 Å². The lowest BCUT2D eigenvalue weighted by molar-refractivity contribution is 0.927. The second-order valence-electron chi connectivity index (χ2n) is 31.7. The summed E-state index contributed by atoms with van der Waals surface area (Å²) < 4.78 is 0. The average Bonchev–Trinajstić information content (AvgIpc) is 0.802. The Hall–Kier alpha value is -15.7. The fraction of sp³-hybridized carbons (Fsp3) is 0.192. The Morgan fingerprint density at radius 3 is 0.492 bits per heavy atom. The zero-order chi connectivity index (χ0) is 90.1. The number of aryl methyl sites for hydroxylation is 20. The van der Waals surface area contributed by atoms with Gasteiger partial charge in [0.2, 0.25) is 0 Å². The maximum absolute atomic E-state index is 4.56. The van der Waals surface area contributed by atoms with Crippen molar-refractivity contribution in [2.75, 3.05) is 0 Å². The van der Waals surface area contributed by atoms with Crippen LogP contribution in [0.15, 0.2) is 218 Å². The van der Waals surface area contributed by atoms with Gasteiger partial charge >= 0.3 is 0 Å². The van der Waals surface area contributed by atoms with E-state index in [9.17, 15) is 0 Å². The third-order valence-electron chi connectivity index (χ3n) is 20.7. The molecular formula is C104H96N24. The summed E-state index contributed by atoms with van der Waals surface area (Å²) in [7, 11) is 0. The van der Waals surface area contributed by atoms with Gasteiger partial charge in [-0.3, -0.25) is 0 Å². The molecule has 632 valence electrons. The minimum absolute atomic E-state index is 0.688. The molecular weight excluding hydrogens is 1590 g/mol. The zero-order valence-corrected chi connectivity index (χ0v) is 75.5. The van der Waals surface area contributed by atoms with Crippen LogP contribution in [0, 0.1) is 138 Å². The van der Waals surface area contributed by atoms with Crippen LogP contribution in [0.4, 0.5) is 0 Å². The highest BCUT2D eigenvalue weighted by atomic mass is 15.1. The molecule has 0 fully saturated rings. The first-order valence-electron chi connectivity index (χ1n) is 42.1. The second kappa shape index (κ2) is 38.2. The Labute approximate surface area is 745 Å². The van der Waals surface area contributed by atoms with Crippen LogP contribution in [0.2, 0.25) is 0 Å².